The van der Waals surface area contributed by atoms with Crippen LogP contribution >= 0.6 is 0 Å². The summed E-state index contributed by atoms with van der Waals surface area (Å²) in [4.78, 5) is 22.7. The third-order valence-electron chi connectivity index (χ3n) is 3.79. The lowest BCUT2D eigenvalue weighted by Gasteiger charge is -2.39. The molecule has 1 aliphatic rings. The van der Waals surface area contributed by atoms with E-state index >= 15 is 0 Å². The van der Waals surface area contributed by atoms with Gasteiger partial charge in [-0.25, -0.2) is 4.68 Å². The van der Waals surface area contributed by atoms with Gasteiger partial charge in [0.25, 0.3) is 0 Å². The second-order valence-corrected chi connectivity index (χ2v) is 5.84. The van der Waals surface area contributed by atoms with E-state index in [1.165, 1.54) is 6.20 Å². The molecule has 0 aliphatic carbocycles. The van der Waals surface area contributed by atoms with Crippen molar-refractivity contribution in [3.63, 3.8) is 0 Å². The molecule has 0 aromatic carbocycles. The highest BCUT2D eigenvalue weighted by Crippen LogP contribution is 2.27. The highest BCUT2D eigenvalue weighted by Gasteiger charge is 2.44. The Labute approximate surface area is 146 Å². The minimum absolute atomic E-state index is 0.143. The lowest BCUT2D eigenvalue weighted by molar-refractivity contribution is -0.254. The molecule has 0 spiro atoms. The maximum absolute atomic E-state index is 10.8. The van der Waals surface area contributed by atoms with Crippen LogP contribution in [0.25, 0.3) is 0 Å². The average Bonchev–Trinajstić information content (AvgIpc) is 3.00. The van der Waals surface area contributed by atoms with Gasteiger partial charge in [0.1, 0.15) is 24.4 Å². The summed E-state index contributed by atoms with van der Waals surface area (Å²) in [7, 11) is 0. The van der Waals surface area contributed by atoms with Crippen LogP contribution in [0, 0.1) is 0 Å². The molecule has 146 valence electrons. The van der Waals surface area contributed by atoms with E-state index in [0.29, 0.717) is 0 Å². The van der Waals surface area contributed by atoms with Crippen molar-refractivity contribution in [2.45, 2.75) is 37.2 Å². The van der Waals surface area contributed by atoms with Crippen LogP contribution < -0.4 is 0 Å². The van der Waals surface area contributed by atoms with Crippen molar-refractivity contribution in [2.75, 3.05) is 19.7 Å². The van der Waals surface area contributed by atoms with Crippen LogP contribution in [0.15, 0.2) is 6.20 Å². The molecule has 26 heavy (non-hydrogen) atoms. The van der Waals surface area contributed by atoms with Crippen molar-refractivity contribution in [2.24, 2.45) is 0 Å². The van der Waals surface area contributed by atoms with Gasteiger partial charge in [-0.1, -0.05) is 5.21 Å². The predicted molar refractivity (Wildman–Crippen MR) is 79.6 cm³/mol. The Hall–Kier alpha value is -2.16. The molecule has 0 saturated carbocycles. The van der Waals surface area contributed by atoms with Crippen LogP contribution in [0.1, 0.15) is 11.9 Å². The van der Waals surface area contributed by atoms with Crippen LogP contribution in [0.5, 0.6) is 0 Å². The highest BCUT2D eigenvalue weighted by atomic mass is 16.6. The number of aromatic nitrogens is 3. The Morgan fingerprint density at radius 3 is 2.27 bits per heavy atom. The van der Waals surface area contributed by atoms with Crippen LogP contribution in [0.2, 0.25) is 0 Å². The first-order chi connectivity index (χ1) is 12.2. The summed E-state index contributed by atoms with van der Waals surface area (Å²) in [6.07, 6.45) is -5.76. The fraction of sp³-hybridized carbons (Fsp3) is 0.692. The number of carbonyl (C=O) groups is 2. The van der Waals surface area contributed by atoms with Crippen LogP contribution in [-0.4, -0.2) is 107 Å². The zero-order chi connectivity index (χ0) is 19.4. The number of hydrogen-bond acceptors (Lipinski definition) is 10. The molecule has 1 fully saturated rings. The van der Waals surface area contributed by atoms with E-state index in [-0.39, 0.29) is 12.2 Å². The zero-order valence-corrected chi connectivity index (χ0v) is 13.5. The number of aliphatic hydroxyl groups excluding tert-OH is 4. The van der Waals surface area contributed by atoms with Gasteiger partial charge in [0.05, 0.1) is 31.6 Å². The molecule has 1 aromatic heterocycles. The number of carboxylic acids is 2. The zero-order valence-electron chi connectivity index (χ0n) is 13.5. The van der Waals surface area contributed by atoms with E-state index in [0.717, 1.165) is 9.58 Å². The Bertz CT molecular complexity index is 621. The van der Waals surface area contributed by atoms with Gasteiger partial charge >= 0.3 is 11.9 Å². The van der Waals surface area contributed by atoms with Gasteiger partial charge in [0.2, 0.25) is 0 Å². The van der Waals surface area contributed by atoms with Gasteiger partial charge < -0.3 is 35.4 Å². The number of aliphatic carboxylic acids is 2. The first-order valence-electron chi connectivity index (χ1n) is 7.60. The quantitative estimate of drug-likeness (QED) is 0.259. The third-order valence-corrected chi connectivity index (χ3v) is 3.79. The number of aliphatic hydroxyl groups is 4. The molecule has 13 heteroatoms. The van der Waals surface area contributed by atoms with Gasteiger partial charge in [0, 0.05) is 6.54 Å². The molecule has 1 saturated heterocycles. The molecular weight excluding hydrogens is 356 g/mol. The maximum atomic E-state index is 10.8. The van der Waals surface area contributed by atoms with Gasteiger partial charge in [-0.3, -0.25) is 14.5 Å². The van der Waals surface area contributed by atoms with E-state index in [4.69, 9.17) is 14.9 Å². The Kier molecular flexibility index (Phi) is 6.57. The summed E-state index contributed by atoms with van der Waals surface area (Å²) >= 11 is 0. The molecule has 0 radical (unpaired) electrons. The molecule has 2 rings (SSSR count). The first-order valence-corrected chi connectivity index (χ1v) is 7.60. The van der Waals surface area contributed by atoms with Crippen molar-refractivity contribution in [3.8, 4) is 0 Å². The van der Waals surface area contributed by atoms with E-state index in [1.54, 1.807) is 0 Å². The fourth-order valence-corrected chi connectivity index (χ4v) is 2.59. The molecule has 0 bridgehead atoms. The van der Waals surface area contributed by atoms with E-state index in [9.17, 15) is 30.0 Å². The van der Waals surface area contributed by atoms with Crippen molar-refractivity contribution in [3.05, 3.63) is 11.9 Å². The molecule has 13 nitrogen and oxygen atoms in total. The lowest BCUT2D eigenvalue weighted by Crippen LogP contribution is -2.56. The van der Waals surface area contributed by atoms with Crippen molar-refractivity contribution >= 4 is 11.9 Å². The highest BCUT2D eigenvalue weighted by molar-refractivity contribution is 5.72. The number of hydrogen-bond donors (Lipinski definition) is 6. The van der Waals surface area contributed by atoms with Gasteiger partial charge in [0.15, 0.2) is 6.23 Å². The summed E-state index contributed by atoms with van der Waals surface area (Å²) in [6, 6.07) is 0. The molecule has 5 atom stereocenters. The Balaban J connectivity index is 2.12. The second kappa shape index (κ2) is 8.48. The maximum Gasteiger partial charge on any atom is 0.317 e. The minimum atomic E-state index is -1.59. The minimum Gasteiger partial charge on any atom is -0.480 e. The summed E-state index contributed by atoms with van der Waals surface area (Å²) < 4.78 is 6.35. The first kappa shape index (κ1) is 20.2. The number of ether oxygens (including phenoxy) is 1. The van der Waals surface area contributed by atoms with E-state index in [2.05, 4.69) is 10.3 Å². The lowest BCUT2D eigenvalue weighted by atomic mass is 9.98. The van der Waals surface area contributed by atoms with Crippen LogP contribution in [0.3, 0.4) is 0 Å². The molecule has 0 amide bonds. The normalized spacial score (nSPS) is 29.0. The van der Waals surface area contributed by atoms with Crippen LogP contribution in [-0.2, 0) is 20.9 Å². The predicted octanol–water partition coefficient (Wildman–Crippen LogP) is -3.78. The number of nitrogens with zero attached hydrogens (tertiary/aromatic N) is 4. The van der Waals surface area contributed by atoms with Gasteiger partial charge in [-0.15, -0.1) is 5.10 Å². The third kappa shape index (κ3) is 4.72. The molecule has 2 heterocycles. The average molecular weight is 376 g/mol. The largest absolute Gasteiger partial charge is 0.480 e. The Morgan fingerprint density at radius 1 is 1.12 bits per heavy atom. The molecular formula is C13H20N4O9. The monoisotopic (exact) mass is 376 g/mol. The molecule has 1 aromatic rings. The molecule has 0 unspecified atom stereocenters. The van der Waals surface area contributed by atoms with Crippen molar-refractivity contribution < 1.29 is 45.0 Å². The number of carboxylic acid groups (broad SMARTS) is 2. The fourth-order valence-electron chi connectivity index (χ4n) is 2.59. The number of rotatable bonds is 8. The van der Waals surface area contributed by atoms with Crippen molar-refractivity contribution in [1.29, 1.82) is 0 Å². The summed E-state index contributed by atoms with van der Waals surface area (Å²) in [5.74, 6) is -2.43. The van der Waals surface area contributed by atoms with Gasteiger partial charge in [-0.05, 0) is 0 Å². The second-order valence-electron chi connectivity index (χ2n) is 5.84. The van der Waals surface area contributed by atoms with Crippen molar-refractivity contribution in [1.82, 2.24) is 19.9 Å². The summed E-state index contributed by atoms with van der Waals surface area (Å²) in [6.45, 7) is -1.80. The van der Waals surface area contributed by atoms with Gasteiger partial charge in [-0.2, -0.15) is 0 Å². The molecule has 1 aliphatic heterocycles. The van der Waals surface area contributed by atoms with Crippen LogP contribution in [0.4, 0.5) is 0 Å². The van der Waals surface area contributed by atoms with E-state index in [1.807, 2.05) is 0 Å². The summed E-state index contributed by atoms with van der Waals surface area (Å²) in [5.41, 5.74) is 0.199. The van der Waals surface area contributed by atoms with E-state index < -0.39 is 62.3 Å². The molecule has 6 N–H and O–H groups in total. The SMILES string of the molecule is O=C(O)CN(CC(=O)O)Cc1cn([C@@H]2O[C@H](CO)[C@@H](O)[C@H](O)[C@H]2O)nn1. The topological polar surface area (TPSA) is 199 Å². The standard InChI is InChI=1S/C13H20N4O9/c18-5-7-10(23)11(24)12(25)13(26-7)17-2-6(14-15-17)1-16(3-8(19)20)4-9(21)22/h2,7,10-13,18,23-25H,1,3-5H2,(H,19,20)(H,21,22)/t7-,10-,11+,12-,13-/m1/s1. The smallest absolute Gasteiger partial charge is 0.317 e. The summed E-state index contributed by atoms with van der Waals surface area (Å²) in [5, 5.41) is 63.9. The Morgan fingerprint density at radius 2 is 1.73 bits per heavy atom.